The maximum absolute atomic E-state index is 8.38. The molecular weight excluding hydrogens is 243 g/mol. The van der Waals surface area contributed by atoms with Crippen LogP contribution in [0.5, 0.6) is 0 Å². The van der Waals surface area contributed by atoms with Crippen LogP contribution in [0.3, 0.4) is 0 Å². The summed E-state index contributed by atoms with van der Waals surface area (Å²) < 4.78 is 15.9. The zero-order valence-electron chi connectivity index (χ0n) is 4.05. The molecular formula is C4H8O4Zn2. The Bertz CT molecular complexity index is 66.9. The van der Waals surface area contributed by atoms with E-state index in [4.69, 9.17) is 17.8 Å². The van der Waals surface area contributed by atoms with E-state index in [-0.39, 0.29) is 58.7 Å². The van der Waals surface area contributed by atoms with Gasteiger partial charge in [-0.05, 0) is 0 Å². The number of carbonyl (C=O) groups excluding carboxylic acids is 2. The summed E-state index contributed by atoms with van der Waals surface area (Å²) >= 11 is 0.125. The van der Waals surface area contributed by atoms with Crippen molar-refractivity contribution in [3.63, 3.8) is 0 Å². The van der Waals surface area contributed by atoms with Crippen molar-refractivity contribution in [2.75, 3.05) is 0 Å². The van der Waals surface area contributed by atoms with Gasteiger partial charge in [0.05, 0.1) is 0 Å². The molecule has 0 fully saturated rings. The van der Waals surface area contributed by atoms with Gasteiger partial charge in [0.1, 0.15) is 0 Å². The second-order valence-electron chi connectivity index (χ2n) is 0.0833. The van der Waals surface area contributed by atoms with Gasteiger partial charge in [-0.2, -0.15) is 9.59 Å². The van der Waals surface area contributed by atoms with Gasteiger partial charge in [-0.25, -0.2) is 0 Å². The minimum absolute atomic E-state index is 0. The molecule has 0 aromatic rings. The molecule has 0 aliphatic heterocycles. The van der Waals surface area contributed by atoms with Gasteiger partial charge in [0.15, 0.2) is 0 Å². The van der Waals surface area contributed by atoms with Crippen molar-refractivity contribution >= 4 is 6.15 Å². The first-order valence-corrected chi connectivity index (χ1v) is 2.11. The summed E-state index contributed by atoms with van der Waals surface area (Å²) in [5, 5.41) is 0. The number of hydrogen-bond donors (Lipinski definition) is 0. The minimum Gasteiger partial charge on any atom is 0 e. The molecule has 0 aliphatic carbocycles. The maximum atomic E-state index is 8.38. The monoisotopic (exact) mass is 248 g/mol. The van der Waals surface area contributed by atoms with Crippen molar-refractivity contribution in [2.24, 2.45) is 0 Å². The third kappa shape index (κ3) is 15100. The fraction of sp³-hybridized carbons (Fsp3) is 0.500. The molecule has 0 heterocycles. The largest absolute Gasteiger partial charge is 0 e. The van der Waals surface area contributed by atoms with Gasteiger partial charge in [-0.15, -0.1) is 0 Å². The van der Waals surface area contributed by atoms with Crippen molar-refractivity contribution in [1.29, 1.82) is 0 Å². The van der Waals surface area contributed by atoms with Crippen LogP contribution in [0.2, 0.25) is 0 Å². The van der Waals surface area contributed by atoms with Crippen LogP contribution in [0.1, 0.15) is 14.9 Å². The molecule has 0 bridgehead atoms. The summed E-state index contributed by atoms with van der Waals surface area (Å²) in [5.41, 5.74) is 0. The molecule has 0 N–H and O–H groups in total. The van der Waals surface area contributed by atoms with Crippen molar-refractivity contribution in [3.8, 4) is 0 Å². The Labute approximate surface area is 83.2 Å². The van der Waals surface area contributed by atoms with E-state index in [0.717, 1.165) is 0 Å². The van der Waals surface area contributed by atoms with Gasteiger partial charge < -0.3 is 0 Å². The molecule has 0 amide bonds. The summed E-state index contributed by atoms with van der Waals surface area (Å²) in [6.07, 6.45) is 0.250. The fourth-order valence-corrected chi connectivity index (χ4v) is 0. The van der Waals surface area contributed by atoms with E-state index < -0.39 is 0 Å². The molecule has 0 spiro atoms. The predicted molar refractivity (Wildman–Crippen MR) is 23.1 cm³/mol. The molecule has 6 heteroatoms. The minimum atomic E-state index is 0. The molecule has 0 unspecified atom stereocenters. The topological polar surface area (TPSA) is 71.1 Å². The molecule has 0 saturated heterocycles. The van der Waals surface area contributed by atoms with E-state index in [0.29, 0.717) is 0 Å². The van der Waals surface area contributed by atoms with E-state index in [1.807, 2.05) is 0 Å². The Kier molecular flexibility index (Phi) is 2210. The summed E-state index contributed by atoms with van der Waals surface area (Å²) in [4.78, 5) is 16.2. The van der Waals surface area contributed by atoms with E-state index in [9.17, 15) is 0 Å². The van der Waals surface area contributed by atoms with Gasteiger partial charge in [0.2, 0.25) is 0 Å². The zero-order chi connectivity index (χ0) is 6.71. The summed E-state index contributed by atoms with van der Waals surface area (Å²) in [7, 11) is 0. The smallest absolute Gasteiger partial charge is 0 e. The predicted octanol–water partition coefficient (Wildman–Crippen LogP) is 0.527. The Morgan fingerprint density at radius 2 is 1.10 bits per heavy atom. The third-order valence-electron chi connectivity index (χ3n) is 0. The normalized spacial score (nSPS) is 1.60. The standard InChI is InChI=1S/CO2.CO.2CH4.O.2Zn/c2-1-3;1-2;;;;;/h;;2*1H4;;;. The van der Waals surface area contributed by atoms with Crippen LogP contribution in [0, 0.1) is 6.65 Å². The Morgan fingerprint density at radius 3 is 1.10 bits per heavy atom. The van der Waals surface area contributed by atoms with Gasteiger partial charge in [0, 0.05) is 19.5 Å². The molecule has 0 aliphatic rings. The molecule has 52 valence electrons. The average Bonchev–Trinajstić information content (AvgIpc) is 1.78. The van der Waals surface area contributed by atoms with Crippen molar-refractivity contribution in [2.45, 2.75) is 14.9 Å². The maximum Gasteiger partial charge on any atom is 0 e. The van der Waals surface area contributed by atoms with Crippen LogP contribution in [0.25, 0.3) is 0 Å². The first kappa shape index (κ1) is 49.2. The van der Waals surface area contributed by atoms with Gasteiger partial charge >= 0.3 is 39.3 Å². The van der Waals surface area contributed by atoms with E-state index in [1.165, 1.54) is 0 Å². The molecule has 0 aromatic heterocycles. The Hall–Kier alpha value is 0.167. The van der Waals surface area contributed by atoms with Crippen LogP contribution in [0.4, 0.5) is 0 Å². The van der Waals surface area contributed by atoms with E-state index >= 15 is 0 Å². The van der Waals surface area contributed by atoms with Crippen LogP contribution in [0.15, 0.2) is 0 Å². The summed E-state index contributed by atoms with van der Waals surface area (Å²) in [6, 6.07) is 0. The van der Waals surface area contributed by atoms with Crippen molar-refractivity contribution in [3.05, 3.63) is 6.65 Å². The van der Waals surface area contributed by atoms with Gasteiger partial charge in [-0.3, -0.25) is 0 Å². The number of hydrogen-bond acceptors (Lipinski definition) is 3. The van der Waals surface area contributed by atoms with Gasteiger partial charge in [-0.1, -0.05) is 14.9 Å². The quantitative estimate of drug-likeness (QED) is 0.358. The molecule has 0 radical (unpaired) electrons. The zero-order valence-corrected chi connectivity index (χ0v) is 9.98. The molecule has 4 nitrogen and oxygen atoms in total. The Balaban J connectivity index is -0.00000000536. The molecule has 0 rings (SSSR count). The number of rotatable bonds is 0. The Morgan fingerprint density at radius 1 is 1.10 bits per heavy atom. The first-order valence-electron chi connectivity index (χ1n) is 0.901. The second kappa shape index (κ2) is 449. The van der Waals surface area contributed by atoms with Crippen LogP contribution >= 0.6 is 0 Å². The first-order chi connectivity index (χ1) is 3.41. The average molecular weight is 251 g/mol. The molecule has 0 aromatic carbocycles. The second-order valence-corrected chi connectivity index (χ2v) is 0.0833. The fourth-order valence-electron chi connectivity index (χ4n) is 0. The van der Waals surface area contributed by atoms with Crippen LogP contribution in [-0.2, 0) is 55.5 Å². The molecule has 10 heavy (non-hydrogen) atoms. The molecule has 0 saturated carbocycles. The third-order valence-corrected chi connectivity index (χ3v) is 0. The van der Waals surface area contributed by atoms with E-state index in [1.54, 1.807) is 0 Å². The summed E-state index contributed by atoms with van der Waals surface area (Å²) in [6.45, 7) is 4.50. The van der Waals surface area contributed by atoms with Crippen molar-refractivity contribution < 1.29 is 55.5 Å². The van der Waals surface area contributed by atoms with E-state index in [2.05, 4.69) is 6.65 Å². The summed E-state index contributed by atoms with van der Waals surface area (Å²) in [5.74, 6) is 0. The van der Waals surface area contributed by atoms with Crippen LogP contribution < -0.4 is 0 Å². The van der Waals surface area contributed by atoms with Gasteiger partial charge in [0.25, 0.3) is 0 Å². The van der Waals surface area contributed by atoms with Crippen LogP contribution in [-0.4, -0.2) is 6.15 Å². The molecule has 0 atom stereocenters. The SMILES string of the molecule is C.C.O=C=O.[C-]#[O+].[O]=[Zn].[Zn]. The van der Waals surface area contributed by atoms with Crippen molar-refractivity contribution in [1.82, 2.24) is 0 Å².